The van der Waals surface area contributed by atoms with E-state index in [1.54, 1.807) is 0 Å². The van der Waals surface area contributed by atoms with Crippen molar-refractivity contribution >= 4 is 18.0 Å². The summed E-state index contributed by atoms with van der Waals surface area (Å²) in [5.74, 6) is 3.78. The van der Waals surface area contributed by atoms with E-state index in [2.05, 4.69) is 10.4 Å². The first-order valence-corrected chi connectivity index (χ1v) is 9.60. The van der Waals surface area contributed by atoms with Crippen LogP contribution < -0.4 is 16.9 Å². The van der Waals surface area contributed by atoms with Crippen molar-refractivity contribution in [2.75, 3.05) is 0 Å². The Balaban J connectivity index is 1.85. The Hall–Kier alpha value is -3.93. The van der Waals surface area contributed by atoms with E-state index < -0.39 is 17.9 Å². The van der Waals surface area contributed by atoms with Crippen LogP contribution in [0.3, 0.4) is 0 Å². The lowest BCUT2D eigenvalue weighted by molar-refractivity contribution is -0.127. The molecule has 152 valence electrons. The highest BCUT2D eigenvalue weighted by Crippen LogP contribution is 2.25. The molecule has 3 rings (SSSR count). The molecule has 0 aliphatic heterocycles. The van der Waals surface area contributed by atoms with Gasteiger partial charge in [0.2, 0.25) is 11.8 Å². The number of nitrogens with zero attached hydrogens (tertiary/aromatic N) is 1. The van der Waals surface area contributed by atoms with Crippen LogP contribution in [0.1, 0.15) is 28.2 Å². The van der Waals surface area contributed by atoms with Crippen molar-refractivity contribution in [3.8, 4) is 0 Å². The fourth-order valence-electron chi connectivity index (χ4n) is 3.39. The van der Waals surface area contributed by atoms with Crippen LogP contribution in [0.15, 0.2) is 90.0 Å². The molecule has 0 fully saturated rings. The summed E-state index contributed by atoms with van der Waals surface area (Å²) in [6, 6.07) is 25.5. The summed E-state index contributed by atoms with van der Waals surface area (Å²) in [5.41, 5.74) is 8.93. The van der Waals surface area contributed by atoms with E-state index in [1.165, 1.54) is 6.21 Å². The van der Waals surface area contributed by atoms with Gasteiger partial charge in [0.05, 0.1) is 12.1 Å². The van der Waals surface area contributed by atoms with Crippen molar-refractivity contribution < 1.29 is 9.59 Å². The molecule has 0 aliphatic carbocycles. The predicted octanol–water partition coefficient (Wildman–Crippen LogP) is 2.32. The van der Waals surface area contributed by atoms with Crippen LogP contribution in [-0.2, 0) is 16.0 Å². The minimum atomic E-state index is -0.850. The summed E-state index contributed by atoms with van der Waals surface area (Å²) in [4.78, 5) is 25.4. The molecule has 0 heterocycles. The molecule has 2 amide bonds. The monoisotopic (exact) mass is 400 g/mol. The second kappa shape index (κ2) is 10.0. The molecule has 0 saturated carbocycles. The van der Waals surface area contributed by atoms with E-state index in [1.807, 2.05) is 84.9 Å². The number of hydrogen-bond donors (Lipinski definition) is 3. The lowest BCUT2D eigenvalue weighted by Gasteiger charge is -2.22. The Bertz CT molecular complexity index is 980. The average Bonchev–Trinajstić information content (AvgIpc) is 2.75. The summed E-state index contributed by atoms with van der Waals surface area (Å²) in [6.45, 7) is 0. The second-order valence-corrected chi connectivity index (χ2v) is 6.95. The van der Waals surface area contributed by atoms with E-state index in [-0.39, 0.29) is 12.3 Å². The topological polar surface area (TPSA) is 111 Å². The zero-order valence-electron chi connectivity index (χ0n) is 16.4. The third kappa shape index (κ3) is 5.32. The quantitative estimate of drug-likeness (QED) is 0.306. The fraction of sp³-hybridized carbons (Fsp3) is 0.125. The minimum Gasteiger partial charge on any atom is -0.368 e. The van der Waals surface area contributed by atoms with Crippen molar-refractivity contribution in [3.63, 3.8) is 0 Å². The van der Waals surface area contributed by atoms with Gasteiger partial charge in [-0.15, -0.1) is 0 Å². The maximum Gasteiger partial charge on any atom is 0.240 e. The number of nitrogens with two attached hydrogens (primary N) is 2. The third-order valence-corrected chi connectivity index (χ3v) is 4.80. The van der Waals surface area contributed by atoms with Crippen molar-refractivity contribution in [1.82, 2.24) is 5.32 Å². The maximum atomic E-state index is 13.3. The molecule has 5 N–H and O–H groups in total. The average molecular weight is 400 g/mol. The van der Waals surface area contributed by atoms with E-state index in [9.17, 15) is 9.59 Å². The van der Waals surface area contributed by atoms with Gasteiger partial charge in [-0.1, -0.05) is 84.9 Å². The molecule has 0 saturated heterocycles. The van der Waals surface area contributed by atoms with Gasteiger partial charge in [-0.05, 0) is 22.3 Å². The zero-order chi connectivity index (χ0) is 21.3. The van der Waals surface area contributed by atoms with E-state index in [0.717, 1.165) is 22.3 Å². The Morgan fingerprint density at radius 2 is 1.50 bits per heavy atom. The van der Waals surface area contributed by atoms with Gasteiger partial charge in [0.1, 0.15) is 6.04 Å². The fourth-order valence-corrected chi connectivity index (χ4v) is 3.39. The number of nitrogens with one attached hydrogen (secondary N) is 1. The Morgan fingerprint density at radius 3 is 2.03 bits per heavy atom. The molecule has 0 aromatic heterocycles. The van der Waals surface area contributed by atoms with E-state index >= 15 is 0 Å². The third-order valence-electron chi connectivity index (χ3n) is 4.80. The van der Waals surface area contributed by atoms with Gasteiger partial charge >= 0.3 is 0 Å². The molecule has 6 heteroatoms. The molecular weight excluding hydrogens is 376 g/mol. The molecule has 6 nitrogen and oxygen atoms in total. The highest BCUT2D eigenvalue weighted by molar-refractivity contribution is 5.92. The molecular formula is C24H24N4O2. The van der Waals surface area contributed by atoms with Crippen LogP contribution >= 0.6 is 0 Å². The molecule has 1 atom stereocenters. The lowest BCUT2D eigenvalue weighted by atomic mass is 9.90. The normalized spacial score (nSPS) is 12.0. The molecule has 3 aromatic rings. The van der Waals surface area contributed by atoms with Crippen molar-refractivity contribution in [2.45, 2.75) is 18.4 Å². The number of primary amides is 1. The van der Waals surface area contributed by atoms with Crippen LogP contribution in [0.4, 0.5) is 0 Å². The first kappa shape index (κ1) is 20.8. The van der Waals surface area contributed by atoms with Gasteiger partial charge in [-0.2, -0.15) is 5.10 Å². The number of hydrazone groups is 1. The van der Waals surface area contributed by atoms with E-state index in [4.69, 9.17) is 11.6 Å². The molecule has 0 bridgehead atoms. The van der Waals surface area contributed by atoms with Gasteiger partial charge in [-0.25, -0.2) is 0 Å². The number of carbonyl (C=O) groups is 2. The number of amides is 2. The first-order chi connectivity index (χ1) is 14.6. The van der Waals surface area contributed by atoms with Crippen LogP contribution in [0.2, 0.25) is 0 Å². The first-order valence-electron chi connectivity index (χ1n) is 9.60. The van der Waals surface area contributed by atoms with Gasteiger partial charge < -0.3 is 16.9 Å². The van der Waals surface area contributed by atoms with Gasteiger partial charge in [0.15, 0.2) is 0 Å². The number of benzene rings is 3. The minimum absolute atomic E-state index is 0.267. The van der Waals surface area contributed by atoms with Crippen LogP contribution in [0.25, 0.3) is 0 Å². The lowest BCUT2D eigenvalue weighted by Crippen LogP contribution is -2.47. The van der Waals surface area contributed by atoms with Crippen molar-refractivity contribution in [1.29, 1.82) is 0 Å². The summed E-state index contributed by atoms with van der Waals surface area (Å²) >= 11 is 0. The van der Waals surface area contributed by atoms with Gasteiger partial charge in [0.25, 0.3) is 0 Å². The molecule has 30 heavy (non-hydrogen) atoms. The zero-order valence-corrected chi connectivity index (χ0v) is 16.4. The number of carbonyl (C=O) groups excluding carboxylic acids is 2. The van der Waals surface area contributed by atoms with Gasteiger partial charge in [-0.3, -0.25) is 9.59 Å². The summed E-state index contributed by atoms with van der Waals surface area (Å²) in [6.07, 6.45) is 1.78. The second-order valence-electron chi connectivity index (χ2n) is 6.95. The Labute approximate surface area is 175 Å². The molecule has 0 radical (unpaired) electrons. The SMILES string of the molecule is NN=Cc1cccc(C[C@H](NC(=O)C(c2ccccc2)c2ccccc2)C(N)=O)c1. The van der Waals surface area contributed by atoms with Crippen molar-refractivity contribution in [2.24, 2.45) is 16.7 Å². The van der Waals surface area contributed by atoms with Crippen LogP contribution in [0.5, 0.6) is 0 Å². The highest BCUT2D eigenvalue weighted by Gasteiger charge is 2.27. The molecule has 0 aliphatic rings. The Kier molecular flexibility index (Phi) is 6.95. The highest BCUT2D eigenvalue weighted by atomic mass is 16.2. The van der Waals surface area contributed by atoms with Crippen LogP contribution in [0, 0.1) is 0 Å². The van der Waals surface area contributed by atoms with Crippen molar-refractivity contribution in [3.05, 3.63) is 107 Å². The summed E-state index contributed by atoms with van der Waals surface area (Å²) in [5, 5.41) is 6.36. The van der Waals surface area contributed by atoms with E-state index in [0.29, 0.717) is 0 Å². The summed E-state index contributed by atoms with van der Waals surface area (Å²) in [7, 11) is 0. The summed E-state index contributed by atoms with van der Waals surface area (Å²) < 4.78 is 0. The smallest absolute Gasteiger partial charge is 0.240 e. The van der Waals surface area contributed by atoms with Crippen LogP contribution in [-0.4, -0.2) is 24.1 Å². The number of rotatable bonds is 8. The van der Waals surface area contributed by atoms with Gasteiger partial charge in [0, 0.05) is 6.42 Å². The number of hydrogen-bond acceptors (Lipinski definition) is 4. The Morgan fingerprint density at radius 1 is 0.900 bits per heavy atom. The largest absolute Gasteiger partial charge is 0.368 e. The molecule has 0 unspecified atom stereocenters. The standard InChI is InChI=1S/C24H24N4O2/c25-23(29)21(15-17-8-7-9-18(14-17)16-27-26)28-24(30)22(19-10-3-1-4-11-19)20-12-5-2-6-13-20/h1-14,16,21-22H,15,26H2,(H2,25,29)(H,28,30)/t21-/m0/s1. The molecule has 0 spiro atoms. The maximum absolute atomic E-state index is 13.3. The molecule has 3 aromatic carbocycles. The predicted molar refractivity (Wildman–Crippen MR) is 118 cm³/mol.